The average molecular weight is 569 g/mol. The maximum absolute atomic E-state index is 13.3. The number of amides is 1. The minimum Gasteiger partial charge on any atom is -0.412 e. The largest absolute Gasteiger partial charge is 0.412 e. The van der Waals surface area contributed by atoms with Crippen LogP contribution in [0.15, 0.2) is 84.1 Å². The summed E-state index contributed by atoms with van der Waals surface area (Å²) in [6.45, 7) is 3.22. The van der Waals surface area contributed by atoms with Gasteiger partial charge in [-0.05, 0) is 50.1 Å². The number of nitrogens with one attached hydrogen (secondary N) is 1. The van der Waals surface area contributed by atoms with Gasteiger partial charge in [0.25, 0.3) is 5.91 Å². The molecule has 0 saturated carbocycles. The molecule has 6 rings (SSSR count). The average Bonchev–Trinajstić information content (AvgIpc) is 3.62. The number of carbonyl (C=O) groups excluding carboxylic acids is 1. The summed E-state index contributed by atoms with van der Waals surface area (Å²) in [6.07, 6.45) is 6.37. The van der Waals surface area contributed by atoms with Crippen molar-refractivity contribution in [3.8, 4) is 11.8 Å². The fourth-order valence-corrected chi connectivity index (χ4v) is 6.23. The highest BCUT2D eigenvalue weighted by Gasteiger charge is 2.28. The first-order valence-corrected chi connectivity index (χ1v) is 14.0. The number of hydrogen-bond donors (Lipinski definition) is 1. The van der Waals surface area contributed by atoms with E-state index in [2.05, 4.69) is 21.5 Å². The molecule has 0 spiro atoms. The van der Waals surface area contributed by atoms with Crippen molar-refractivity contribution in [1.82, 2.24) is 28.7 Å². The molecule has 1 atom stereocenters. The first kappa shape index (κ1) is 27.9. The van der Waals surface area contributed by atoms with Gasteiger partial charge in [-0.25, -0.2) is 22.7 Å². The fraction of sp³-hybridized carbons (Fsp3) is 0.207. The Morgan fingerprint density at radius 1 is 1.10 bits per heavy atom. The predicted molar refractivity (Wildman–Crippen MR) is 154 cm³/mol. The maximum Gasteiger partial charge on any atom is 0.262 e. The number of rotatable bonds is 6. The highest BCUT2D eigenvalue weighted by molar-refractivity contribution is 7.82. The van der Waals surface area contributed by atoms with Crippen LogP contribution in [0.3, 0.4) is 0 Å². The molecule has 1 fully saturated rings. The number of aryl methyl sites for hydroxylation is 1. The highest BCUT2D eigenvalue weighted by atomic mass is 32.2. The fourth-order valence-electron chi connectivity index (χ4n) is 4.91. The Kier molecular flexibility index (Phi) is 8.02. The molecule has 1 amide bonds. The lowest BCUT2D eigenvalue weighted by Gasteiger charge is -2.30. The van der Waals surface area contributed by atoms with E-state index in [0.29, 0.717) is 40.6 Å². The lowest BCUT2D eigenvalue weighted by Crippen LogP contribution is -2.34. The van der Waals surface area contributed by atoms with Crippen molar-refractivity contribution in [2.75, 3.05) is 18.4 Å². The van der Waals surface area contributed by atoms with Gasteiger partial charge in [0.1, 0.15) is 28.4 Å². The van der Waals surface area contributed by atoms with Gasteiger partial charge in [0.05, 0.1) is 28.0 Å². The summed E-state index contributed by atoms with van der Waals surface area (Å²) in [5, 5.41) is 21.6. The van der Waals surface area contributed by atoms with Crippen LogP contribution < -0.4 is 5.32 Å². The third-order valence-corrected chi connectivity index (χ3v) is 8.64. The number of benzene rings is 2. The van der Waals surface area contributed by atoms with Gasteiger partial charge in [0.2, 0.25) is 0 Å². The molecule has 1 aliphatic rings. The monoisotopic (exact) mass is 568 g/mol. The molecule has 41 heavy (non-hydrogen) atoms. The Labute approximate surface area is 239 Å². The van der Waals surface area contributed by atoms with Crippen molar-refractivity contribution in [2.45, 2.75) is 30.6 Å². The smallest absolute Gasteiger partial charge is 0.262 e. The number of piperidine rings is 1. The quantitative estimate of drug-likeness (QED) is 0.331. The number of anilines is 1. The Balaban J connectivity index is 0.00000337. The predicted octanol–water partition coefficient (Wildman–Crippen LogP) is 3.42. The molecule has 1 aliphatic heterocycles. The van der Waals surface area contributed by atoms with Crippen molar-refractivity contribution < 1.29 is 14.5 Å². The summed E-state index contributed by atoms with van der Waals surface area (Å²) in [6, 6.07) is 20.8. The van der Waals surface area contributed by atoms with Crippen molar-refractivity contribution in [2.24, 2.45) is 0 Å². The Morgan fingerprint density at radius 2 is 1.85 bits per heavy atom. The van der Waals surface area contributed by atoms with Crippen LogP contribution in [0.4, 0.5) is 5.82 Å². The van der Waals surface area contributed by atoms with Crippen LogP contribution in [0.2, 0.25) is 0 Å². The Bertz CT molecular complexity index is 1760. The topological polar surface area (TPSA) is 153 Å². The molecule has 3 N–H and O–H groups in total. The van der Waals surface area contributed by atoms with E-state index in [9.17, 15) is 14.3 Å². The zero-order chi connectivity index (χ0) is 27.6. The van der Waals surface area contributed by atoms with Crippen LogP contribution in [0.5, 0.6) is 0 Å². The van der Waals surface area contributed by atoms with Gasteiger partial charge in [-0.15, -0.1) is 0 Å². The van der Waals surface area contributed by atoms with E-state index in [4.69, 9.17) is 5.10 Å². The minimum absolute atomic E-state index is 0. The van der Waals surface area contributed by atoms with Gasteiger partial charge in [0.15, 0.2) is 5.65 Å². The third kappa shape index (κ3) is 5.51. The molecule has 0 bridgehead atoms. The first-order chi connectivity index (χ1) is 19.5. The molecule has 5 aromatic rings. The van der Waals surface area contributed by atoms with Crippen LogP contribution in [0, 0.1) is 18.3 Å². The van der Waals surface area contributed by atoms with E-state index in [-0.39, 0.29) is 17.3 Å². The number of nitriles is 1. The van der Waals surface area contributed by atoms with Crippen LogP contribution in [0.1, 0.15) is 45.9 Å². The maximum atomic E-state index is 13.3. The summed E-state index contributed by atoms with van der Waals surface area (Å²) in [5.41, 5.74) is 4.08. The SMILES string of the molecule is Cc1ccc(-n2nc(C3CCN(S(=O)c4ccccc4C#N)CC3)cc2NC(=O)c2cnn3cccnc23)cc1.O. The second kappa shape index (κ2) is 11.8. The van der Waals surface area contributed by atoms with Crippen molar-refractivity contribution in [1.29, 1.82) is 5.26 Å². The van der Waals surface area contributed by atoms with Gasteiger partial charge in [0, 0.05) is 37.5 Å². The third-order valence-electron chi connectivity index (χ3n) is 7.07. The zero-order valence-electron chi connectivity index (χ0n) is 22.3. The van der Waals surface area contributed by atoms with Crippen LogP contribution in [-0.4, -0.2) is 57.4 Å². The van der Waals surface area contributed by atoms with Gasteiger partial charge < -0.3 is 10.8 Å². The molecule has 1 saturated heterocycles. The molecule has 2 aromatic carbocycles. The lowest BCUT2D eigenvalue weighted by molar-refractivity contribution is 0.102. The molecule has 11 nitrogen and oxygen atoms in total. The summed E-state index contributed by atoms with van der Waals surface area (Å²) in [7, 11) is -1.41. The van der Waals surface area contributed by atoms with Crippen molar-refractivity contribution in [3.05, 3.63) is 102 Å². The second-order valence-electron chi connectivity index (χ2n) is 9.66. The molecule has 1 unspecified atom stereocenters. The molecule has 208 valence electrons. The van der Waals surface area contributed by atoms with Crippen LogP contribution >= 0.6 is 0 Å². The van der Waals surface area contributed by atoms with Gasteiger partial charge >= 0.3 is 0 Å². The zero-order valence-corrected chi connectivity index (χ0v) is 23.1. The molecule has 0 radical (unpaired) electrons. The molecule has 4 heterocycles. The molecule has 12 heteroatoms. The van der Waals surface area contributed by atoms with E-state index in [1.165, 1.54) is 6.20 Å². The highest BCUT2D eigenvalue weighted by Crippen LogP contribution is 2.32. The summed E-state index contributed by atoms with van der Waals surface area (Å²) < 4.78 is 18.4. The summed E-state index contributed by atoms with van der Waals surface area (Å²) >= 11 is 0. The first-order valence-electron chi connectivity index (χ1n) is 12.9. The number of fused-ring (bicyclic) bond motifs is 1. The van der Waals surface area contributed by atoms with Crippen LogP contribution in [-0.2, 0) is 11.0 Å². The Morgan fingerprint density at radius 3 is 2.61 bits per heavy atom. The van der Waals surface area contributed by atoms with Gasteiger partial charge in [-0.1, -0.05) is 29.8 Å². The number of nitrogens with zero attached hydrogens (tertiary/aromatic N) is 7. The Hall–Kier alpha value is -4.70. The van der Waals surface area contributed by atoms with Crippen LogP contribution in [0.25, 0.3) is 11.3 Å². The molecular formula is C29H28N8O3S. The van der Waals surface area contributed by atoms with E-state index >= 15 is 0 Å². The molecule has 0 aliphatic carbocycles. The number of hydrogen-bond acceptors (Lipinski definition) is 6. The lowest BCUT2D eigenvalue weighted by atomic mass is 9.95. The normalized spacial score (nSPS) is 14.7. The summed E-state index contributed by atoms with van der Waals surface area (Å²) in [4.78, 5) is 18.1. The van der Waals surface area contributed by atoms with Crippen molar-refractivity contribution in [3.63, 3.8) is 0 Å². The van der Waals surface area contributed by atoms with Gasteiger partial charge in [-0.2, -0.15) is 15.5 Å². The minimum atomic E-state index is -1.41. The molecule has 3 aromatic heterocycles. The standard InChI is InChI=1S/C29H26N8O2S.H2O/c1-20-7-9-23(10-8-20)37-27(33-29(38)24-19-32-36-14-4-13-31-28(24)36)17-25(34-37)21-11-15-35(16-12-21)40(39)26-6-3-2-5-22(26)18-30;/h2-10,13-14,17,19,21H,11-12,15-16H2,1H3,(H,33,38);1H2. The van der Waals surface area contributed by atoms with E-state index in [1.807, 2.05) is 41.6 Å². The van der Waals surface area contributed by atoms with E-state index in [0.717, 1.165) is 29.8 Å². The van der Waals surface area contributed by atoms with Crippen molar-refractivity contribution >= 4 is 28.4 Å². The number of aromatic nitrogens is 5. The molecular weight excluding hydrogens is 540 g/mol. The van der Waals surface area contributed by atoms with Gasteiger partial charge in [-0.3, -0.25) is 4.79 Å². The number of carbonyl (C=O) groups is 1. The van der Waals surface area contributed by atoms with E-state index < -0.39 is 11.0 Å². The van der Waals surface area contributed by atoms with E-state index in [1.54, 1.807) is 51.9 Å². The second-order valence-corrected chi connectivity index (χ2v) is 11.1. The summed E-state index contributed by atoms with van der Waals surface area (Å²) in [5.74, 6) is 0.350.